The van der Waals surface area contributed by atoms with Crippen LogP contribution in [0.3, 0.4) is 0 Å². The Morgan fingerprint density at radius 3 is 2.42 bits per heavy atom. The van der Waals surface area contributed by atoms with E-state index >= 15 is 0 Å². The van der Waals surface area contributed by atoms with Crippen molar-refractivity contribution in [2.45, 2.75) is 6.42 Å². The minimum Gasteiger partial charge on any atom is -0.457 e. The van der Waals surface area contributed by atoms with Gasteiger partial charge in [0.05, 0.1) is 0 Å². The van der Waals surface area contributed by atoms with Crippen molar-refractivity contribution in [2.75, 3.05) is 0 Å². The molecule has 1 heterocycles. The van der Waals surface area contributed by atoms with Gasteiger partial charge in [0.2, 0.25) is 0 Å². The van der Waals surface area contributed by atoms with Gasteiger partial charge in [-0.25, -0.2) is 0 Å². The number of ether oxygens (including phenoxy) is 1. The van der Waals surface area contributed by atoms with Crippen LogP contribution in [0.25, 0.3) is 0 Å². The summed E-state index contributed by atoms with van der Waals surface area (Å²) < 4.78 is 5.84. The average Bonchev–Trinajstić information content (AvgIpc) is 2.93. The highest BCUT2D eigenvalue weighted by molar-refractivity contribution is 7.09. The summed E-state index contributed by atoms with van der Waals surface area (Å²) in [6, 6.07) is 22.4. The number of benzene rings is 2. The van der Waals surface area contributed by atoms with Gasteiger partial charge in [0.15, 0.2) is 0 Å². The molecule has 0 atom stereocenters. The largest absolute Gasteiger partial charge is 0.457 e. The maximum atomic E-state index is 5.84. The van der Waals surface area contributed by atoms with Crippen LogP contribution in [0.1, 0.15) is 10.4 Å². The fraction of sp³-hybridized carbons (Fsp3) is 0.0588. The molecule has 0 aliphatic heterocycles. The van der Waals surface area contributed by atoms with E-state index in [-0.39, 0.29) is 0 Å². The topological polar surface area (TPSA) is 9.23 Å². The van der Waals surface area contributed by atoms with Gasteiger partial charge in [0, 0.05) is 11.3 Å². The Morgan fingerprint density at radius 1 is 0.789 bits per heavy atom. The van der Waals surface area contributed by atoms with E-state index in [2.05, 4.69) is 29.6 Å². The zero-order chi connectivity index (χ0) is 12.9. The molecular weight excluding hydrogens is 252 g/mol. The van der Waals surface area contributed by atoms with Crippen LogP contribution in [0, 0.1) is 0 Å². The molecule has 0 aliphatic rings. The normalized spacial score (nSPS) is 10.3. The average molecular weight is 266 g/mol. The second-order valence-corrected chi connectivity index (χ2v) is 5.35. The van der Waals surface area contributed by atoms with E-state index in [0.29, 0.717) is 0 Å². The predicted octanol–water partition coefficient (Wildman–Crippen LogP) is 5.13. The Bertz CT molecular complexity index is 629. The Balaban J connectivity index is 1.76. The van der Waals surface area contributed by atoms with E-state index in [0.717, 1.165) is 17.9 Å². The van der Waals surface area contributed by atoms with Crippen molar-refractivity contribution in [1.29, 1.82) is 0 Å². The van der Waals surface area contributed by atoms with E-state index in [1.54, 1.807) is 11.3 Å². The summed E-state index contributed by atoms with van der Waals surface area (Å²) in [5, 5.41) is 2.11. The van der Waals surface area contributed by atoms with Crippen LogP contribution in [-0.2, 0) is 6.42 Å². The summed E-state index contributed by atoms with van der Waals surface area (Å²) in [5.41, 5.74) is 1.27. The lowest BCUT2D eigenvalue weighted by Gasteiger charge is -2.07. The molecular formula is C17H14OS. The highest BCUT2D eigenvalue weighted by atomic mass is 32.1. The lowest BCUT2D eigenvalue weighted by atomic mass is 10.1. The minimum atomic E-state index is 0.871. The number of rotatable bonds is 4. The first-order chi connectivity index (χ1) is 9.40. The third-order valence-corrected chi connectivity index (χ3v) is 3.71. The van der Waals surface area contributed by atoms with E-state index in [9.17, 15) is 0 Å². The second-order valence-electron chi connectivity index (χ2n) is 4.32. The zero-order valence-electron chi connectivity index (χ0n) is 10.5. The maximum absolute atomic E-state index is 5.84. The molecule has 1 nitrogen and oxygen atoms in total. The van der Waals surface area contributed by atoms with Crippen LogP contribution in [0.4, 0.5) is 0 Å². The van der Waals surface area contributed by atoms with Gasteiger partial charge < -0.3 is 4.74 Å². The smallest absolute Gasteiger partial charge is 0.127 e. The van der Waals surface area contributed by atoms with Crippen molar-refractivity contribution < 1.29 is 4.74 Å². The standard InChI is InChI=1S/C17H14OS/c1-2-7-15(8-3-1)18-16-9-4-6-14(12-16)13-17-10-5-11-19-17/h1-12H,13H2. The molecule has 2 heteroatoms. The van der Waals surface area contributed by atoms with Gasteiger partial charge in [-0.05, 0) is 41.3 Å². The maximum Gasteiger partial charge on any atom is 0.127 e. The summed E-state index contributed by atoms with van der Waals surface area (Å²) >= 11 is 1.79. The molecule has 0 spiro atoms. The Morgan fingerprint density at radius 2 is 1.63 bits per heavy atom. The van der Waals surface area contributed by atoms with Crippen molar-refractivity contribution in [3.05, 3.63) is 82.6 Å². The quantitative estimate of drug-likeness (QED) is 0.636. The van der Waals surface area contributed by atoms with Crippen molar-refractivity contribution in [2.24, 2.45) is 0 Å². The monoisotopic (exact) mass is 266 g/mol. The lowest BCUT2D eigenvalue weighted by Crippen LogP contribution is -1.88. The molecule has 0 bridgehead atoms. The molecule has 3 rings (SSSR count). The molecule has 0 saturated heterocycles. The van der Waals surface area contributed by atoms with Gasteiger partial charge in [-0.15, -0.1) is 11.3 Å². The Kier molecular flexibility index (Phi) is 3.61. The molecule has 19 heavy (non-hydrogen) atoms. The van der Waals surface area contributed by atoms with Crippen LogP contribution >= 0.6 is 11.3 Å². The molecule has 0 fully saturated rings. The molecule has 0 amide bonds. The summed E-state index contributed by atoms with van der Waals surface area (Å²) in [7, 11) is 0. The van der Waals surface area contributed by atoms with Gasteiger partial charge >= 0.3 is 0 Å². The van der Waals surface area contributed by atoms with Crippen LogP contribution in [-0.4, -0.2) is 0 Å². The number of hydrogen-bond acceptors (Lipinski definition) is 2. The fourth-order valence-corrected chi connectivity index (χ4v) is 2.70. The summed E-state index contributed by atoms with van der Waals surface area (Å²) in [6.07, 6.45) is 0.962. The third-order valence-electron chi connectivity index (χ3n) is 2.84. The Hall–Kier alpha value is -2.06. The Labute approximate surface area is 117 Å². The van der Waals surface area contributed by atoms with E-state index in [1.165, 1.54) is 10.4 Å². The van der Waals surface area contributed by atoms with Crippen molar-refractivity contribution >= 4 is 11.3 Å². The minimum absolute atomic E-state index is 0.871. The van der Waals surface area contributed by atoms with Crippen LogP contribution in [0.5, 0.6) is 11.5 Å². The fourth-order valence-electron chi connectivity index (χ4n) is 1.96. The molecule has 0 aliphatic carbocycles. The molecule has 0 N–H and O–H groups in total. The third kappa shape index (κ3) is 3.24. The van der Waals surface area contributed by atoms with Gasteiger partial charge in [-0.2, -0.15) is 0 Å². The van der Waals surface area contributed by atoms with E-state index in [4.69, 9.17) is 4.74 Å². The van der Waals surface area contributed by atoms with Gasteiger partial charge in [0.25, 0.3) is 0 Å². The zero-order valence-corrected chi connectivity index (χ0v) is 11.3. The van der Waals surface area contributed by atoms with Crippen LogP contribution in [0.15, 0.2) is 72.1 Å². The first-order valence-corrected chi connectivity index (χ1v) is 7.12. The molecule has 2 aromatic carbocycles. The van der Waals surface area contributed by atoms with Gasteiger partial charge in [-0.3, -0.25) is 0 Å². The molecule has 0 radical (unpaired) electrons. The first-order valence-electron chi connectivity index (χ1n) is 6.24. The van der Waals surface area contributed by atoms with E-state index in [1.807, 2.05) is 42.5 Å². The first kappa shape index (κ1) is 12.0. The molecule has 0 saturated carbocycles. The molecule has 0 unspecified atom stereocenters. The van der Waals surface area contributed by atoms with Crippen molar-refractivity contribution in [3.8, 4) is 11.5 Å². The van der Waals surface area contributed by atoms with Crippen LogP contribution < -0.4 is 4.74 Å². The molecule has 94 valence electrons. The summed E-state index contributed by atoms with van der Waals surface area (Å²) in [4.78, 5) is 1.37. The van der Waals surface area contributed by atoms with Gasteiger partial charge in [0.1, 0.15) is 11.5 Å². The van der Waals surface area contributed by atoms with Gasteiger partial charge in [-0.1, -0.05) is 36.4 Å². The summed E-state index contributed by atoms with van der Waals surface area (Å²) in [5.74, 6) is 1.76. The highest BCUT2D eigenvalue weighted by Crippen LogP contribution is 2.23. The lowest BCUT2D eigenvalue weighted by molar-refractivity contribution is 0.482. The molecule has 3 aromatic rings. The van der Waals surface area contributed by atoms with Crippen molar-refractivity contribution in [1.82, 2.24) is 0 Å². The second kappa shape index (κ2) is 5.72. The number of para-hydroxylation sites is 1. The number of thiophene rings is 1. The predicted molar refractivity (Wildman–Crippen MR) is 80.1 cm³/mol. The highest BCUT2D eigenvalue weighted by Gasteiger charge is 2.01. The number of hydrogen-bond donors (Lipinski definition) is 0. The summed E-state index contributed by atoms with van der Waals surface area (Å²) in [6.45, 7) is 0. The SMILES string of the molecule is c1ccc(Oc2cccc(Cc3cccs3)c2)cc1. The molecule has 1 aromatic heterocycles. The van der Waals surface area contributed by atoms with Crippen molar-refractivity contribution in [3.63, 3.8) is 0 Å². The van der Waals surface area contributed by atoms with E-state index < -0.39 is 0 Å². The van der Waals surface area contributed by atoms with Crippen LogP contribution in [0.2, 0.25) is 0 Å².